The van der Waals surface area contributed by atoms with Crippen LogP contribution in [0.15, 0.2) is 12.7 Å². The zero-order chi connectivity index (χ0) is 11.7. The average Bonchev–Trinajstić information content (AvgIpc) is 2.25. The number of hydrogen-bond acceptors (Lipinski definition) is 4. The van der Waals surface area contributed by atoms with Crippen LogP contribution in [0.2, 0.25) is 0 Å². The van der Waals surface area contributed by atoms with E-state index in [9.17, 15) is 9.90 Å². The van der Waals surface area contributed by atoms with Gasteiger partial charge in [-0.15, -0.1) is 0 Å². The lowest BCUT2D eigenvalue weighted by atomic mass is 10.1. The second-order valence-electron chi connectivity index (χ2n) is 3.54. The van der Waals surface area contributed by atoms with Crippen LogP contribution in [0.25, 0.3) is 0 Å². The minimum absolute atomic E-state index is 0.0502. The van der Waals surface area contributed by atoms with E-state index >= 15 is 0 Å². The molecule has 0 fully saturated rings. The van der Waals surface area contributed by atoms with E-state index in [0.29, 0.717) is 12.5 Å². The first-order valence-electron chi connectivity index (χ1n) is 5.15. The van der Waals surface area contributed by atoms with E-state index in [0.717, 1.165) is 12.5 Å². The number of carbonyl (C=O) groups excluding carboxylic acids is 1. The van der Waals surface area contributed by atoms with Crippen molar-refractivity contribution in [3.63, 3.8) is 0 Å². The van der Waals surface area contributed by atoms with Crippen molar-refractivity contribution in [2.75, 3.05) is 19.8 Å². The molecule has 88 valence electrons. The third-order valence-corrected chi connectivity index (χ3v) is 1.99. The van der Waals surface area contributed by atoms with Gasteiger partial charge < -0.3 is 14.6 Å². The Kier molecular flexibility index (Phi) is 7.95. The van der Waals surface area contributed by atoms with Gasteiger partial charge >= 0.3 is 5.97 Å². The van der Waals surface area contributed by atoms with Gasteiger partial charge in [-0.05, 0) is 5.92 Å². The lowest BCUT2D eigenvalue weighted by molar-refractivity contribution is -0.141. The smallest absolute Gasteiger partial charge is 0.330 e. The van der Waals surface area contributed by atoms with Crippen LogP contribution in [0.3, 0.4) is 0 Å². The molecule has 0 radical (unpaired) electrons. The number of aliphatic hydroxyl groups excluding tert-OH is 1. The first kappa shape index (κ1) is 14.1. The van der Waals surface area contributed by atoms with Crippen LogP contribution in [-0.2, 0) is 14.3 Å². The average molecular weight is 216 g/mol. The Labute approximate surface area is 90.9 Å². The molecule has 1 N–H and O–H groups in total. The van der Waals surface area contributed by atoms with Crippen LogP contribution in [0.5, 0.6) is 0 Å². The molecule has 15 heavy (non-hydrogen) atoms. The number of carbonyl (C=O) groups is 1. The van der Waals surface area contributed by atoms with Gasteiger partial charge in [0.2, 0.25) is 0 Å². The van der Waals surface area contributed by atoms with Crippen LogP contribution in [0.1, 0.15) is 20.3 Å². The molecule has 4 nitrogen and oxygen atoms in total. The number of aliphatic hydroxyl groups is 1. The normalized spacial score (nSPS) is 14.3. The fraction of sp³-hybridized carbons (Fsp3) is 0.727. The van der Waals surface area contributed by atoms with Crippen LogP contribution in [-0.4, -0.2) is 37.0 Å². The zero-order valence-corrected chi connectivity index (χ0v) is 9.44. The van der Waals surface area contributed by atoms with Gasteiger partial charge in [0, 0.05) is 12.7 Å². The molecule has 0 aliphatic rings. The molecule has 0 amide bonds. The molecule has 0 saturated carbocycles. The molecule has 0 aromatic heterocycles. The summed E-state index contributed by atoms with van der Waals surface area (Å²) in [5, 5.41) is 9.34. The molecular formula is C11H20O4. The number of esters is 1. The van der Waals surface area contributed by atoms with Crippen molar-refractivity contribution in [2.45, 2.75) is 26.4 Å². The molecule has 0 aromatic rings. The summed E-state index contributed by atoms with van der Waals surface area (Å²) in [6.07, 6.45) is 1.34. The van der Waals surface area contributed by atoms with Crippen molar-refractivity contribution < 1.29 is 19.4 Å². The highest BCUT2D eigenvalue weighted by Gasteiger charge is 2.07. The van der Waals surface area contributed by atoms with E-state index in [1.807, 2.05) is 0 Å². The Morgan fingerprint density at radius 1 is 1.47 bits per heavy atom. The minimum atomic E-state index is -0.766. The van der Waals surface area contributed by atoms with E-state index < -0.39 is 12.1 Å². The largest absolute Gasteiger partial charge is 0.460 e. The van der Waals surface area contributed by atoms with Gasteiger partial charge in [-0.3, -0.25) is 0 Å². The van der Waals surface area contributed by atoms with E-state index in [2.05, 4.69) is 25.2 Å². The summed E-state index contributed by atoms with van der Waals surface area (Å²) >= 11 is 0. The van der Waals surface area contributed by atoms with Gasteiger partial charge in [-0.25, -0.2) is 4.79 Å². The van der Waals surface area contributed by atoms with Crippen molar-refractivity contribution >= 4 is 5.97 Å². The third kappa shape index (κ3) is 8.15. The first-order chi connectivity index (χ1) is 7.10. The topological polar surface area (TPSA) is 55.8 Å². The van der Waals surface area contributed by atoms with Gasteiger partial charge in [0.1, 0.15) is 12.7 Å². The highest BCUT2D eigenvalue weighted by Crippen LogP contribution is 2.01. The summed E-state index contributed by atoms with van der Waals surface area (Å²) in [5.74, 6) is -0.0519. The zero-order valence-electron chi connectivity index (χ0n) is 9.44. The molecule has 0 aliphatic heterocycles. The number of hydrogen-bond donors (Lipinski definition) is 1. The first-order valence-corrected chi connectivity index (χ1v) is 5.15. The maximum absolute atomic E-state index is 10.7. The Balaban J connectivity index is 3.44. The van der Waals surface area contributed by atoms with E-state index in [1.165, 1.54) is 0 Å². The molecule has 0 rings (SSSR count). The summed E-state index contributed by atoms with van der Waals surface area (Å²) in [4.78, 5) is 10.7. The Hall–Kier alpha value is -0.870. The standard InChI is InChI=1S/C11H20O4/c1-4-9(3)6-14-7-10(12)8-15-11(13)5-2/h5,9-10,12H,2,4,6-8H2,1,3H3. The van der Waals surface area contributed by atoms with E-state index in [-0.39, 0.29) is 13.2 Å². The summed E-state index contributed by atoms with van der Waals surface area (Å²) in [6, 6.07) is 0. The summed E-state index contributed by atoms with van der Waals surface area (Å²) < 4.78 is 9.90. The number of ether oxygens (including phenoxy) is 2. The molecule has 0 saturated heterocycles. The fourth-order valence-electron chi connectivity index (χ4n) is 0.808. The molecule has 2 unspecified atom stereocenters. The van der Waals surface area contributed by atoms with Gasteiger partial charge in [0.25, 0.3) is 0 Å². The molecule has 0 aliphatic carbocycles. The second-order valence-corrected chi connectivity index (χ2v) is 3.54. The Bertz CT molecular complexity index is 191. The number of rotatable bonds is 8. The molecule has 0 bridgehead atoms. The summed E-state index contributed by atoms with van der Waals surface area (Å²) in [6.45, 7) is 8.15. The summed E-state index contributed by atoms with van der Waals surface area (Å²) in [7, 11) is 0. The second kappa shape index (κ2) is 8.44. The monoisotopic (exact) mass is 216 g/mol. The highest BCUT2D eigenvalue weighted by molar-refractivity contribution is 5.81. The van der Waals surface area contributed by atoms with Crippen molar-refractivity contribution in [3.05, 3.63) is 12.7 Å². The van der Waals surface area contributed by atoms with Gasteiger partial charge in [-0.2, -0.15) is 0 Å². The van der Waals surface area contributed by atoms with Gasteiger partial charge in [-0.1, -0.05) is 26.8 Å². The van der Waals surface area contributed by atoms with Crippen molar-refractivity contribution in [1.82, 2.24) is 0 Å². The van der Waals surface area contributed by atoms with Crippen LogP contribution < -0.4 is 0 Å². The fourth-order valence-corrected chi connectivity index (χ4v) is 0.808. The minimum Gasteiger partial charge on any atom is -0.460 e. The SMILES string of the molecule is C=CC(=O)OCC(O)COCC(C)CC. The molecule has 0 aromatic carbocycles. The Morgan fingerprint density at radius 3 is 2.67 bits per heavy atom. The maximum Gasteiger partial charge on any atom is 0.330 e. The van der Waals surface area contributed by atoms with Crippen molar-refractivity contribution in [1.29, 1.82) is 0 Å². The van der Waals surface area contributed by atoms with Crippen molar-refractivity contribution in [3.8, 4) is 0 Å². The van der Waals surface area contributed by atoms with E-state index in [4.69, 9.17) is 4.74 Å². The lowest BCUT2D eigenvalue weighted by Gasteiger charge is -2.13. The predicted molar refractivity (Wildman–Crippen MR) is 57.4 cm³/mol. The molecule has 0 spiro atoms. The van der Waals surface area contributed by atoms with Crippen molar-refractivity contribution in [2.24, 2.45) is 5.92 Å². The predicted octanol–water partition coefficient (Wildman–Crippen LogP) is 1.14. The van der Waals surface area contributed by atoms with Crippen LogP contribution in [0, 0.1) is 5.92 Å². The molecular weight excluding hydrogens is 196 g/mol. The molecule has 0 heterocycles. The Morgan fingerprint density at radius 2 is 2.13 bits per heavy atom. The lowest BCUT2D eigenvalue weighted by Crippen LogP contribution is -2.24. The molecule has 2 atom stereocenters. The van der Waals surface area contributed by atoms with Gasteiger partial charge in [0.15, 0.2) is 0 Å². The van der Waals surface area contributed by atoms with Crippen LogP contribution in [0.4, 0.5) is 0 Å². The highest BCUT2D eigenvalue weighted by atomic mass is 16.5. The maximum atomic E-state index is 10.7. The third-order valence-electron chi connectivity index (χ3n) is 1.99. The van der Waals surface area contributed by atoms with Gasteiger partial charge in [0.05, 0.1) is 6.61 Å². The molecule has 4 heteroatoms. The van der Waals surface area contributed by atoms with Crippen LogP contribution >= 0.6 is 0 Å². The summed E-state index contributed by atoms with van der Waals surface area (Å²) in [5.41, 5.74) is 0. The quantitative estimate of drug-likeness (QED) is 0.488. The van der Waals surface area contributed by atoms with E-state index in [1.54, 1.807) is 0 Å².